The van der Waals surface area contributed by atoms with Gasteiger partial charge in [0.25, 0.3) is 0 Å². The standard InChI is InChI=1S/C6H7NO2S/c1-2-9-6(8)5-3-7-4-10-5/h3-4H,2H2,1H3. The van der Waals surface area contributed by atoms with Crippen molar-refractivity contribution < 1.29 is 9.53 Å². The maximum absolute atomic E-state index is 10.9. The highest BCUT2D eigenvalue weighted by atomic mass is 32.1. The predicted octanol–water partition coefficient (Wildman–Crippen LogP) is 1.32. The summed E-state index contributed by atoms with van der Waals surface area (Å²) in [6.07, 6.45) is 1.50. The van der Waals surface area contributed by atoms with Gasteiger partial charge < -0.3 is 4.74 Å². The summed E-state index contributed by atoms with van der Waals surface area (Å²) < 4.78 is 4.72. The molecule has 0 atom stereocenters. The molecule has 3 nitrogen and oxygen atoms in total. The maximum atomic E-state index is 10.9. The number of thiazole rings is 1. The Morgan fingerprint density at radius 3 is 3.20 bits per heavy atom. The summed E-state index contributed by atoms with van der Waals surface area (Å²) in [6.45, 7) is 2.19. The van der Waals surface area contributed by atoms with Crippen molar-refractivity contribution in [3.05, 3.63) is 16.6 Å². The van der Waals surface area contributed by atoms with Crippen LogP contribution in [0, 0.1) is 0 Å². The summed E-state index contributed by atoms with van der Waals surface area (Å²) in [5, 5.41) is 0. The van der Waals surface area contributed by atoms with Gasteiger partial charge >= 0.3 is 5.97 Å². The molecule has 4 heteroatoms. The smallest absolute Gasteiger partial charge is 0.349 e. The van der Waals surface area contributed by atoms with Crippen LogP contribution in [-0.2, 0) is 4.74 Å². The molecule has 10 heavy (non-hydrogen) atoms. The molecule has 0 radical (unpaired) electrons. The van der Waals surface area contributed by atoms with E-state index in [4.69, 9.17) is 4.74 Å². The van der Waals surface area contributed by atoms with Gasteiger partial charge in [-0.05, 0) is 6.92 Å². The number of hydrogen-bond acceptors (Lipinski definition) is 4. The zero-order chi connectivity index (χ0) is 7.40. The number of rotatable bonds is 2. The van der Waals surface area contributed by atoms with Crippen molar-refractivity contribution in [2.75, 3.05) is 6.61 Å². The van der Waals surface area contributed by atoms with Crippen LogP contribution < -0.4 is 0 Å². The molecule has 54 valence electrons. The molecule has 0 spiro atoms. The summed E-state index contributed by atoms with van der Waals surface area (Å²) in [4.78, 5) is 15.2. The number of aromatic nitrogens is 1. The lowest BCUT2D eigenvalue weighted by molar-refractivity contribution is 0.0532. The quantitative estimate of drug-likeness (QED) is 0.608. The van der Waals surface area contributed by atoms with E-state index in [1.165, 1.54) is 17.5 Å². The number of carbonyl (C=O) groups excluding carboxylic acids is 1. The second-order valence-corrected chi connectivity index (χ2v) is 2.47. The van der Waals surface area contributed by atoms with Gasteiger partial charge in [-0.2, -0.15) is 0 Å². The van der Waals surface area contributed by atoms with Gasteiger partial charge in [0, 0.05) is 0 Å². The van der Waals surface area contributed by atoms with E-state index in [-0.39, 0.29) is 5.97 Å². The Hall–Kier alpha value is -0.900. The van der Waals surface area contributed by atoms with E-state index in [1.54, 1.807) is 12.4 Å². The number of nitrogens with zero attached hydrogens (tertiary/aromatic N) is 1. The van der Waals surface area contributed by atoms with Gasteiger partial charge in [0.1, 0.15) is 4.88 Å². The molecule has 0 bridgehead atoms. The lowest BCUT2D eigenvalue weighted by atomic mass is 10.6. The van der Waals surface area contributed by atoms with Crippen molar-refractivity contribution in [2.45, 2.75) is 6.92 Å². The van der Waals surface area contributed by atoms with Crippen LogP contribution in [0.15, 0.2) is 11.7 Å². The van der Waals surface area contributed by atoms with E-state index < -0.39 is 0 Å². The molecular weight excluding hydrogens is 150 g/mol. The largest absolute Gasteiger partial charge is 0.462 e. The van der Waals surface area contributed by atoms with Crippen LogP contribution in [0.2, 0.25) is 0 Å². The third kappa shape index (κ3) is 1.54. The van der Waals surface area contributed by atoms with Crippen molar-refractivity contribution in [3.63, 3.8) is 0 Å². The van der Waals surface area contributed by atoms with Gasteiger partial charge in [-0.15, -0.1) is 11.3 Å². The Balaban J connectivity index is 2.59. The summed E-state index contributed by atoms with van der Waals surface area (Å²) >= 11 is 1.29. The molecule has 0 aromatic carbocycles. The van der Waals surface area contributed by atoms with Crippen LogP contribution in [0.4, 0.5) is 0 Å². The second-order valence-electron chi connectivity index (χ2n) is 1.59. The third-order valence-corrected chi connectivity index (χ3v) is 1.66. The topological polar surface area (TPSA) is 39.2 Å². The average molecular weight is 157 g/mol. The Kier molecular flexibility index (Phi) is 2.39. The molecule has 0 unspecified atom stereocenters. The molecule has 1 heterocycles. The van der Waals surface area contributed by atoms with Gasteiger partial charge in [-0.3, -0.25) is 4.98 Å². The van der Waals surface area contributed by atoms with Crippen molar-refractivity contribution in [1.82, 2.24) is 4.98 Å². The Bertz CT molecular complexity index is 208. The molecule has 0 aliphatic carbocycles. The molecular formula is C6H7NO2S. The van der Waals surface area contributed by atoms with Gasteiger partial charge in [0.15, 0.2) is 0 Å². The zero-order valence-corrected chi connectivity index (χ0v) is 6.35. The third-order valence-electron chi connectivity index (χ3n) is 0.909. The lowest BCUT2D eigenvalue weighted by Gasteiger charge is -1.94. The van der Waals surface area contributed by atoms with Crippen LogP contribution in [0.5, 0.6) is 0 Å². The molecule has 1 aromatic heterocycles. The molecule has 1 rings (SSSR count). The van der Waals surface area contributed by atoms with Crippen LogP contribution in [0.1, 0.15) is 16.6 Å². The van der Waals surface area contributed by atoms with Crippen LogP contribution >= 0.6 is 11.3 Å². The Morgan fingerprint density at radius 1 is 1.90 bits per heavy atom. The van der Waals surface area contributed by atoms with Gasteiger partial charge in [-0.1, -0.05) is 0 Å². The van der Waals surface area contributed by atoms with E-state index in [0.29, 0.717) is 11.5 Å². The molecule has 0 aliphatic rings. The fraction of sp³-hybridized carbons (Fsp3) is 0.333. The summed E-state index contributed by atoms with van der Waals surface area (Å²) in [5.74, 6) is -0.287. The molecule has 0 amide bonds. The van der Waals surface area contributed by atoms with Crippen molar-refractivity contribution >= 4 is 17.3 Å². The van der Waals surface area contributed by atoms with Gasteiger partial charge in [0.05, 0.1) is 18.3 Å². The maximum Gasteiger partial charge on any atom is 0.349 e. The minimum atomic E-state index is -0.287. The fourth-order valence-electron chi connectivity index (χ4n) is 0.519. The highest BCUT2D eigenvalue weighted by Gasteiger charge is 2.05. The molecule has 0 aliphatic heterocycles. The van der Waals surface area contributed by atoms with Crippen LogP contribution in [0.25, 0.3) is 0 Å². The average Bonchev–Trinajstić information content (AvgIpc) is 2.38. The summed E-state index contributed by atoms with van der Waals surface area (Å²) in [5.41, 5.74) is 1.60. The Morgan fingerprint density at radius 2 is 2.70 bits per heavy atom. The van der Waals surface area contributed by atoms with Crippen molar-refractivity contribution in [3.8, 4) is 0 Å². The number of hydrogen-bond donors (Lipinski definition) is 0. The van der Waals surface area contributed by atoms with Gasteiger partial charge in [0.2, 0.25) is 0 Å². The van der Waals surface area contributed by atoms with Crippen molar-refractivity contribution in [2.24, 2.45) is 0 Å². The van der Waals surface area contributed by atoms with Crippen LogP contribution in [-0.4, -0.2) is 17.6 Å². The number of esters is 1. The molecule has 0 saturated carbocycles. The number of carbonyl (C=O) groups is 1. The first-order chi connectivity index (χ1) is 4.84. The van der Waals surface area contributed by atoms with E-state index in [2.05, 4.69) is 4.98 Å². The zero-order valence-electron chi connectivity index (χ0n) is 5.53. The SMILES string of the molecule is CCOC(=O)c1cncs1. The molecule has 0 fully saturated rings. The first kappa shape index (κ1) is 7.21. The molecule has 1 aromatic rings. The minimum absolute atomic E-state index is 0.287. The number of ether oxygens (including phenoxy) is 1. The van der Waals surface area contributed by atoms with E-state index >= 15 is 0 Å². The lowest BCUT2D eigenvalue weighted by Crippen LogP contribution is -2.01. The highest BCUT2D eigenvalue weighted by Crippen LogP contribution is 2.06. The highest BCUT2D eigenvalue weighted by molar-refractivity contribution is 7.11. The Labute approximate surface area is 62.7 Å². The summed E-state index contributed by atoms with van der Waals surface area (Å²) in [6, 6.07) is 0. The second kappa shape index (κ2) is 3.31. The van der Waals surface area contributed by atoms with Crippen molar-refractivity contribution in [1.29, 1.82) is 0 Å². The summed E-state index contributed by atoms with van der Waals surface area (Å²) in [7, 11) is 0. The predicted molar refractivity (Wildman–Crippen MR) is 38.1 cm³/mol. The van der Waals surface area contributed by atoms with E-state index in [0.717, 1.165) is 0 Å². The normalized spacial score (nSPS) is 9.30. The molecule has 0 saturated heterocycles. The van der Waals surface area contributed by atoms with Gasteiger partial charge in [-0.25, -0.2) is 4.79 Å². The molecule has 0 N–H and O–H groups in total. The van der Waals surface area contributed by atoms with E-state index in [9.17, 15) is 4.79 Å². The van der Waals surface area contributed by atoms with Crippen LogP contribution in [0.3, 0.4) is 0 Å². The monoisotopic (exact) mass is 157 g/mol. The van der Waals surface area contributed by atoms with E-state index in [1.807, 2.05) is 0 Å². The first-order valence-electron chi connectivity index (χ1n) is 2.90. The minimum Gasteiger partial charge on any atom is -0.462 e. The first-order valence-corrected chi connectivity index (χ1v) is 3.78. The fourth-order valence-corrected chi connectivity index (χ4v) is 1.03.